The molecule has 0 saturated carbocycles. The molecule has 0 aliphatic heterocycles. The Hall–Kier alpha value is -3.86. The van der Waals surface area contributed by atoms with Gasteiger partial charge in [0.2, 0.25) is 5.95 Å². The Bertz CT molecular complexity index is 1010. The summed E-state index contributed by atoms with van der Waals surface area (Å²) < 4.78 is 5.81. The molecule has 1 heterocycles. The smallest absolute Gasteiger partial charge is 0.224 e. The Kier molecular flexibility index (Phi) is 5.44. The van der Waals surface area contributed by atoms with Gasteiger partial charge in [-0.1, -0.05) is 48.5 Å². The molecule has 1 aromatic heterocycles. The van der Waals surface area contributed by atoms with Gasteiger partial charge in [0.1, 0.15) is 17.3 Å². The summed E-state index contributed by atoms with van der Waals surface area (Å²) in [6.45, 7) is 0.676. The van der Waals surface area contributed by atoms with E-state index in [1.807, 2.05) is 78.9 Å². The zero-order valence-electron chi connectivity index (χ0n) is 15.2. The van der Waals surface area contributed by atoms with Crippen LogP contribution in [0.1, 0.15) is 5.56 Å². The third-order valence-corrected chi connectivity index (χ3v) is 4.05. The van der Waals surface area contributed by atoms with Crippen molar-refractivity contribution in [3.8, 4) is 11.5 Å². The molecule has 0 bridgehead atoms. The molecule has 138 valence electrons. The number of nitrogens with one attached hydrogen (secondary N) is 2. The highest BCUT2D eigenvalue weighted by Gasteiger charge is 2.02. The molecular weight excluding hydrogens is 348 g/mol. The molecule has 0 aliphatic rings. The number of para-hydroxylation sites is 1. The first-order valence-electron chi connectivity index (χ1n) is 9.06. The summed E-state index contributed by atoms with van der Waals surface area (Å²) >= 11 is 0. The average Bonchev–Trinajstić information content (AvgIpc) is 2.76. The second-order valence-corrected chi connectivity index (χ2v) is 6.17. The minimum Gasteiger partial charge on any atom is -0.457 e. The summed E-state index contributed by atoms with van der Waals surface area (Å²) in [5.74, 6) is 2.90. The zero-order chi connectivity index (χ0) is 19.0. The van der Waals surface area contributed by atoms with E-state index >= 15 is 0 Å². The van der Waals surface area contributed by atoms with Crippen molar-refractivity contribution in [1.29, 1.82) is 0 Å². The molecule has 2 N–H and O–H groups in total. The van der Waals surface area contributed by atoms with Crippen molar-refractivity contribution in [2.75, 3.05) is 10.6 Å². The molecule has 0 atom stereocenters. The fourth-order valence-corrected chi connectivity index (χ4v) is 2.67. The van der Waals surface area contributed by atoms with Gasteiger partial charge in [0.25, 0.3) is 0 Å². The van der Waals surface area contributed by atoms with Gasteiger partial charge in [-0.2, -0.15) is 4.98 Å². The first-order valence-corrected chi connectivity index (χ1v) is 9.06. The van der Waals surface area contributed by atoms with E-state index in [0.717, 1.165) is 23.0 Å². The molecule has 28 heavy (non-hydrogen) atoms. The van der Waals surface area contributed by atoms with E-state index in [-0.39, 0.29) is 0 Å². The third kappa shape index (κ3) is 4.86. The van der Waals surface area contributed by atoms with Crippen molar-refractivity contribution < 1.29 is 4.74 Å². The van der Waals surface area contributed by atoms with Gasteiger partial charge >= 0.3 is 0 Å². The SMILES string of the molecule is c1ccc(CNc2nccc(Nc3ccc(Oc4ccccc4)cc3)n2)cc1. The summed E-state index contributed by atoms with van der Waals surface area (Å²) in [5.41, 5.74) is 2.10. The quantitative estimate of drug-likeness (QED) is 0.443. The molecule has 0 aliphatic carbocycles. The lowest BCUT2D eigenvalue weighted by Gasteiger charge is -2.10. The van der Waals surface area contributed by atoms with Gasteiger partial charge < -0.3 is 15.4 Å². The predicted molar refractivity (Wildman–Crippen MR) is 112 cm³/mol. The van der Waals surface area contributed by atoms with E-state index < -0.39 is 0 Å². The van der Waals surface area contributed by atoms with Crippen LogP contribution < -0.4 is 15.4 Å². The molecule has 0 fully saturated rings. The molecule has 0 radical (unpaired) electrons. The van der Waals surface area contributed by atoms with Crippen LogP contribution in [-0.4, -0.2) is 9.97 Å². The van der Waals surface area contributed by atoms with Crippen molar-refractivity contribution in [2.24, 2.45) is 0 Å². The highest BCUT2D eigenvalue weighted by Crippen LogP contribution is 2.24. The molecule has 3 aromatic carbocycles. The fourth-order valence-electron chi connectivity index (χ4n) is 2.67. The van der Waals surface area contributed by atoms with Crippen molar-refractivity contribution in [1.82, 2.24) is 9.97 Å². The Morgan fingerprint density at radius 3 is 2.14 bits per heavy atom. The van der Waals surface area contributed by atoms with Crippen LogP contribution in [0.15, 0.2) is 97.2 Å². The topological polar surface area (TPSA) is 59.1 Å². The lowest BCUT2D eigenvalue weighted by atomic mass is 10.2. The number of rotatable bonds is 7. The Morgan fingerprint density at radius 1 is 0.714 bits per heavy atom. The molecule has 0 unspecified atom stereocenters. The summed E-state index contributed by atoms with van der Waals surface area (Å²) in [6, 6.07) is 29.5. The minimum absolute atomic E-state index is 0.581. The van der Waals surface area contributed by atoms with E-state index in [1.54, 1.807) is 6.20 Å². The predicted octanol–water partition coefficient (Wildman–Crippen LogP) is 5.62. The maximum Gasteiger partial charge on any atom is 0.224 e. The number of aromatic nitrogens is 2. The summed E-state index contributed by atoms with van der Waals surface area (Å²) in [7, 11) is 0. The van der Waals surface area contributed by atoms with Crippen LogP contribution in [0.4, 0.5) is 17.5 Å². The number of anilines is 3. The summed E-state index contributed by atoms with van der Waals surface area (Å²) in [6.07, 6.45) is 1.73. The Morgan fingerprint density at radius 2 is 1.39 bits per heavy atom. The van der Waals surface area contributed by atoms with Crippen molar-refractivity contribution in [2.45, 2.75) is 6.54 Å². The van der Waals surface area contributed by atoms with Crippen LogP contribution in [0.25, 0.3) is 0 Å². The standard InChI is InChI=1S/C23H20N4O/c1-3-7-18(8-4-1)17-25-23-24-16-15-22(27-23)26-19-11-13-21(14-12-19)28-20-9-5-2-6-10-20/h1-16H,17H2,(H2,24,25,26,27). The maximum absolute atomic E-state index is 5.81. The average molecular weight is 368 g/mol. The molecule has 0 saturated heterocycles. The van der Waals surface area contributed by atoms with Crippen LogP contribution in [0.2, 0.25) is 0 Å². The number of nitrogens with zero attached hydrogens (tertiary/aromatic N) is 2. The second-order valence-electron chi connectivity index (χ2n) is 6.17. The van der Waals surface area contributed by atoms with Crippen LogP contribution in [-0.2, 0) is 6.54 Å². The van der Waals surface area contributed by atoms with Gasteiger partial charge in [-0.3, -0.25) is 0 Å². The van der Waals surface area contributed by atoms with Crippen LogP contribution in [0.3, 0.4) is 0 Å². The second kappa shape index (κ2) is 8.68. The highest BCUT2D eigenvalue weighted by molar-refractivity contribution is 5.58. The molecule has 5 nitrogen and oxygen atoms in total. The van der Waals surface area contributed by atoms with Gasteiger partial charge in [-0.05, 0) is 48.0 Å². The van der Waals surface area contributed by atoms with Gasteiger partial charge in [0, 0.05) is 18.4 Å². The summed E-state index contributed by atoms with van der Waals surface area (Å²) in [4.78, 5) is 8.78. The number of hydrogen-bond donors (Lipinski definition) is 2. The lowest BCUT2D eigenvalue weighted by Crippen LogP contribution is -2.04. The van der Waals surface area contributed by atoms with Gasteiger partial charge in [-0.15, -0.1) is 0 Å². The van der Waals surface area contributed by atoms with Crippen LogP contribution in [0, 0.1) is 0 Å². The Labute approximate surface area is 164 Å². The molecular formula is C23H20N4O. The van der Waals surface area contributed by atoms with Gasteiger partial charge in [0.15, 0.2) is 0 Å². The highest BCUT2D eigenvalue weighted by atomic mass is 16.5. The molecule has 4 rings (SSSR count). The third-order valence-electron chi connectivity index (χ3n) is 4.05. The number of hydrogen-bond acceptors (Lipinski definition) is 5. The van der Waals surface area contributed by atoms with Crippen LogP contribution in [0.5, 0.6) is 11.5 Å². The first kappa shape index (κ1) is 17.5. The van der Waals surface area contributed by atoms with Crippen molar-refractivity contribution in [3.63, 3.8) is 0 Å². The van der Waals surface area contributed by atoms with E-state index in [2.05, 4.69) is 32.7 Å². The monoisotopic (exact) mass is 368 g/mol. The summed E-state index contributed by atoms with van der Waals surface area (Å²) in [5, 5.41) is 6.53. The fraction of sp³-hybridized carbons (Fsp3) is 0.0435. The Balaban J connectivity index is 1.37. The number of benzene rings is 3. The molecule has 0 amide bonds. The maximum atomic E-state index is 5.81. The normalized spacial score (nSPS) is 10.3. The van der Waals surface area contributed by atoms with E-state index in [1.165, 1.54) is 5.56 Å². The van der Waals surface area contributed by atoms with E-state index in [9.17, 15) is 0 Å². The van der Waals surface area contributed by atoms with E-state index in [0.29, 0.717) is 12.5 Å². The molecule has 4 aromatic rings. The lowest BCUT2D eigenvalue weighted by molar-refractivity contribution is 0.483. The number of ether oxygens (including phenoxy) is 1. The van der Waals surface area contributed by atoms with Crippen LogP contribution >= 0.6 is 0 Å². The van der Waals surface area contributed by atoms with Crippen molar-refractivity contribution >= 4 is 17.5 Å². The minimum atomic E-state index is 0.581. The van der Waals surface area contributed by atoms with Crippen molar-refractivity contribution in [3.05, 3.63) is 103 Å². The van der Waals surface area contributed by atoms with E-state index in [4.69, 9.17) is 4.74 Å². The van der Waals surface area contributed by atoms with Gasteiger partial charge in [-0.25, -0.2) is 4.98 Å². The molecule has 5 heteroatoms. The zero-order valence-corrected chi connectivity index (χ0v) is 15.2. The van der Waals surface area contributed by atoms with Gasteiger partial charge in [0.05, 0.1) is 0 Å². The largest absolute Gasteiger partial charge is 0.457 e. The first-order chi connectivity index (χ1) is 13.8. The molecule has 0 spiro atoms.